The lowest BCUT2D eigenvalue weighted by Crippen LogP contribution is -2.50. The van der Waals surface area contributed by atoms with Gasteiger partial charge in [0.1, 0.15) is 5.82 Å². The van der Waals surface area contributed by atoms with Crippen LogP contribution in [-0.2, 0) is 15.6 Å². The van der Waals surface area contributed by atoms with E-state index >= 15 is 0 Å². The molecular weight excluding hydrogens is 564 g/mol. The number of nitrogens with zero attached hydrogens (tertiary/aromatic N) is 4. The van der Waals surface area contributed by atoms with E-state index in [9.17, 15) is 4.79 Å². The number of carbonyl (C=O) groups excluding carboxylic acids is 1. The molecule has 44 heavy (non-hydrogen) atoms. The van der Waals surface area contributed by atoms with Crippen molar-refractivity contribution in [3.8, 4) is 0 Å². The lowest BCUT2D eigenvalue weighted by atomic mass is 9.70. The molecule has 5 nitrogen and oxygen atoms in total. The van der Waals surface area contributed by atoms with Gasteiger partial charge in [-0.25, -0.2) is 4.98 Å². The van der Waals surface area contributed by atoms with Crippen LogP contribution in [0.25, 0.3) is 11.0 Å². The average molecular weight is 607 g/mol. The minimum Gasteiger partial charge on any atom is -0.342 e. The first-order valence-electron chi connectivity index (χ1n) is 16.8. The molecule has 1 aliphatic carbocycles. The Bertz CT molecular complexity index is 1640. The number of carbonyl (C=O) groups is 1. The van der Waals surface area contributed by atoms with E-state index in [-0.39, 0.29) is 10.8 Å². The fourth-order valence-corrected chi connectivity index (χ4v) is 9.35. The number of imidazole rings is 1. The summed E-state index contributed by atoms with van der Waals surface area (Å²) < 4.78 is 2.53. The van der Waals surface area contributed by atoms with Gasteiger partial charge in [-0.3, -0.25) is 9.69 Å². The highest BCUT2D eigenvalue weighted by molar-refractivity contribution is 6.30. The second-order valence-corrected chi connectivity index (χ2v) is 14.5. The SMILES string of the molecule is Cc1nc2ccccc2n1C1C[C@H]2CC[C@@H](C1)N2CCC1(c2ccccc2)CCN(C(=O)C2(c3ccc(Cl)cc3)CC2)CC1. The van der Waals surface area contributed by atoms with Gasteiger partial charge >= 0.3 is 0 Å². The summed E-state index contributed by atoms with van der Waals surface area (Å²) in [6.07, 6.45) is 10.2. The number of likely N-dealkylation sites (tertiary alicyclic amines) is 1. The van der Waals surface area contributed by atoms with Gasteiger partial charge < -0.3 is 9.47 Å². The van der Waals surface area contributed by atoms with Gasteiger partial charge in [-0.15, -0.1) is 0 Å². The highest BCUT2D eigenvalue weighted by atomic mass is 35.5. The lowest BCUT2D eigenvalue weighted by Gasteiger charge is -2.46. The fourth-order valence-electron chi connectivity index (χ4n) is 9.23. The molecule has 6 heteroatoms. The lowest BCUT2D eigenvalue weighted by molar-refractivity contribution is -0.135. The number of aromatic nitrogens is 2. The predicted molar refractivity (Wildman–Crippen MR) is 177 cm³/mol. The van der Waals surface area contributed by atoms with Crippen LogP contribution in [0, 0.1) is 6.92 Å². The molecule has 3 atom stereocenters. The van der Waals surface area contributed by atoms with Crippen LogP contribution >= 0.6 is 11.6 Å². The molecule has 0 radical (unpaired) electrons. The van der Waals surface area contributed by atoms with Gasteiger partial charge in [0.2, 0.25) is 5.91 Å². The first kappa shape index (κ1) is 28.3. The maximum absolute atomic E-state index is 13.9. The van der Waals surface area contributed by atoms with Crippen molar-refractivity contribution in [3.63, 3.8) is 0 Å². The van der Waals surface area contributed by atoms with E-state index in [2.05, 4.69) is 88.0 Å². The van der Waals surface area contributed by atoms with Crippen LogP contribution in [0.1, 0.15) is 80.8 Å². The topological polar surface area (TPSA) is 41.4 Å². The number of hydrogen-bond donors (Lipinski definition) is 0. The number of halogens is 1. The van der Waals surface area contributed by atoms with Crippen molar-refractivity contribution in [3.05, 3.63) is 101 Å². The molecule has 3 aromatic carbocycles. The molecule has 1 saturated carbocycles. The Balaban J connectivity index is 0.973. The van der Waals surface area contributed by atoms with Crippen LogP contribution in [0.4, 0.5) is 0 Å². The Morgan fingerprint density at radius 3 is 2.16 bits per heavy atom. The number of piperidine rings is 2. The molecule has 1 amide bonds. The molecule has 4 aromatic rings. The van der Waals surface area contributed by atoms with Crippen molar-refractivity contribution in [2.24, 2.45) is 0 Å². The second-order valence-electron chi connectivity index (χ2n) is 14.0. The van der Waals surface area contributed by atoms with Gasteiger partial charge in [-0.1, -0.05) is 66.2 Å². The number of amides is 1. The summed E-state index contributed by atoms with van der Waals surface area (Å²) in [6, 6.07) is 29.6. The first-order chi connectivity index (χ1) is 21.5. The van der Waals surface area contributed by atoms with Crippen LogP contribution in [-0.4, -0.2) is 57.0 Å². The van der Waals surface area contributed by atoms with Gasteiger partial charge in [-0.05, 0) is 112 Å². The summed E-state index contributed by atoms with van der Waals surface area (Å²) in [7, 11) is 0. The third-order valence-corrected chi connectivity index (χ3v) is 12.0. The summed E-state index contributed by atoms with van der Waals surface area (Å²) in [5.41, 5.74) is 4.77. The maximum atomic E-state index is 13.9. The molecule has 0 N–H and O–H groups in total. The van der Waals surface area contributed by atoms with E-state index in [0.29, 0.717) is 24.0 Å². The molecule has 4 aliphatic rings. The Morgan fingerprint density at radius 2 is 1.48 bits per heavy atom. The summed E-state index contributed by atoms with van der Waals surface area (Å²) in [5.74, 6) is 1.47. The maximum Gasteiger partial charge on any atom is 0.233 e. The van der Waals surface area contributed by atoms with Crippen LogP contribution in [0.2, 0.25) is 5.02 Å². The van der Waals surface area contributed by atoms with E-state index in [4.69, 9.17) is 16.6 Å². The van der Waals surface area contributed by atoms with Crippen LogP contribution < -0.4 is 0 Å². The van der Waals surface area contributed by atoms with E-state index in [1.54, 1.807) is 0 Å². The van der Waals surface area contributed by atoms with Crippen molar-refractivity contribution < 1.29 is 4.79 Å². The average Bonchev–Trinajstić information content (AvgIpc) is 3.74. The van der Waals surface area contributed by atoms with E-state index < -0.39 is 0 Å². The summed E-state index contributed by atoms with van der Waals surface area (Å²) in [5, 5.41) is 0.727. The monoisotopic (exact) mass is 606 g/mol. The fraction of sp³-hybridized carbons (Fsp3) is 0.474. The molecular formula is C38H43ClN4O. The highest BCUT2D eigenvalue weighted by Gasteiger charge is 2.54. The second kappa shape index (κ2) is 11.0. The molecule has 3 saturated heterocycles. The summed E-state index contributed by atoms with van der Waals surface area (Å²) >= 11 is 6.16. The first-order valence-corrected chi connectivity index (χ1v) is 17.1. The predicted octanol–water partition coefficient (Wildman–Crippen LogP) is 7.85. The highest BCUT2D eigenvalue weighted by Crippen LogP contribution is 2.51. The smallest absolute Gasteiger partial charge is 0.233 e. The normalized spacial score (nSPS) is 25.8. The Hall–Kier alpha value is -3.15. The quantitative estimate of drug-likeness (QED) is 0.215. The van der Waals surface area contributed by atoms with Gasteiger partial charge in [0, 0.05) is 36.2 Å². The minimum atomic E-state index is -0.334. The Kier molecular flexibility index (Phi) is 7.10. The number of benzene rings is 3. The van der Waals surface area contributed by atoms with Crippen molar-refractivity contribution in [2.75, 3.05) is 19.6 Å². The molecule has 0 spiro atoms. The molecule has 1 unspecified atom stereocenters. The van der Waals surface area contributed by atoms with Crippen molar-refractivity contribution in [1.29, 1.82) is 0 Å². The van der Waals surface area contributed by atoms with E-state index in [0.717, 1.165) is 73.7 Å². The minimum absolute atomic E-state index is 0.114. The number of hydrogen-bond acceptors (Lipinski definition) is 3. The number of fused-ring (bicyclic) bond motifs is 3. The molecule has 2 bridgehead atoms. The third kappa shape index (κ3) is 4.79. The van der Waals surface area contributed by atoms with Crippen molar-refractivity contribution in [2.45, 2.75) is 93.7 Å². The number of rotatable bonds is 7. The Morgan fingerprint density at radius 1 is 0.818 bits per heavy atom. The molecule has 1 aromatic heterocycles. The molecule has 228 valence electrons. The summed E-state index contributed by atoms with van der Waals surface area (Å²) in [4.78, 5) is 23.9. The molecule has 8 rings (SSSR count). The van der Waals surface area contributed by atoms with Crippen LogP contribution in [0.5, 0.6) is 0 Å². The molecule has 3 aliphatic heterocycles. The van der Waals surface area contributed by atoms with Crippen LogP contribution in [0.3, 0.4) is 0 Å². The van der Waals surface area contributed by atoms with E-state index in [1.165, 1.54) is 36.8 Å². The molecule has 4 heterocycles. The van der Waals surface area contributed by atoms with Gasteiger partial charge in [0.05, 0.1) is 16.4 Å². The van der Waals surface area contributed by atoms with Gasteiger partial charge in [0.25, 0.3) is 0 Å². The van der Waals surface area contributed by atoms with Crippen molar-refractivity contribution >= 4 is 28.5 Å². The summed E-state index contributed by atoms with van der Waals surface area (Å²) in [6.45, 7) is 4.99. The zero-order valence-electron chi connectivity index (χ0n) is 25.8. The van der Waals surface area contributed by atoms with Crippen molar-refractivity contribution in [1.82, 2.24) is 19.4 Å². The Labute approximate surface area is 266 Å². The standard InChI is InChI=1S/C38H43ClN4O/c1-27-40-34-9-5-6-10-35(34)43(27)33-25-31-15-16-32(26-33)42(31)24-21-37(28-7-3-2-4-8-28)19-22-41(23-20-37)36(44)38(17-18-38)29-11-13-30(39)14-12-29/h2-14,31-33H,15-26H2,1H3/t31-,32+,33?. The van der Waals surface area contributed by atoms with Crippen LogP contribution in [0.15, 0.2) is 78.9 Å². The number of aryl methyl sites for hydroxylation is 1. The zero-order chi connectivity index (χ0) is 29.9. The molecule has 4 fully saturated rings. The number of para-hydroxylation sites is 2. The third-order valence-electron chi connectivity index (χ3n) is 11.8. The van der Waals surface area contributed by atoms with E-state index in [1.807, 2.05) is 12.1 Å². The zero-order valence-corrected chi connectivity index (χ0v) is 26.6. The largest absolute Gasteiger partial charge is 0.342 e. The van der Waals surface area contributed by atoms with Gasteiger partial charge in [-0.2, -0.15) is 0 Å². The van der Waals surface area contributed by atoms with Gasteiger partial charge in [0.15, 0.2) is 0 Å².